The molecule has 2 aromatic heterocycles. The molecule has 0 amide bonds. The fraction of sp³-hybridized carbons (Fsp3) is 0.409. The standard InChI is InChI=1S/C22H22Cl3N5O/c1-29-20(22(8-9-22)14-2-4-15(23)5-3-14)27-28-21(29)30-10-6-17(7-11-30)31-19-18(25)12-16(24)13-26-19/h2-5,12-13,17H,6-11H2,1H3. The first-order chi connectivity index (χ1) is 15.0. The van der Waals surface area contributed by atoms with Gasteiger partial charge in [-0.05, 0) is 36.6 Å². The summed E-state index contributed by atoms with van der Waals surface area (Å²) in [7, 11) is 2.06. The van der Waals surface area contributed by atoms with E-state index in [1.54, 1.807) is 12.3 Å². The summed E-state index contributed by atoms with van der Waals surface area (Å²) in [4.78, 5) is 6.47. The third-order valence-corrected chi connectivity index (χ3v) is 6.93. The van der Waals surface area contributed by atoms with Crippen LogP contribution in [0.5, 0.6) is 5.88 Å². The molecule has 1 aliphatic heterocycles. The molecule has 1 saturated carbocycles. The molecule has 1 aromatic carbocycles. The second-order valence-electron chi connectivity index (χ2n) is 8.22. The van der Waals surface area contributed by atoms with Gasteiger partial charge in [-0.25, -0.2) is 4.98 Å². The molecule has 0 spiro atoms. The van der Waals surface area contributed by atoms with Gasteiger partial charge in [0.1, 0.15) is 17.0 Å². The van der Waals surface area contributed by atoms with E-state index in [0.717, 1.165) is 55.6 Å². The van der Waals surface area contributed by atoms with Crippen molar-refractivity contribution < 1.29 is 4.74 Å². The van der Waals surface area contributed by atoms with Crippen LogP contribution in [0.2, 0.25) is 15.1 Å². The van der Waals surface area contributed by atoms with Gasteiger partial charge in [-0.1, -0.05) is 46.9 Å². The highest BCUT2D eigenvalue weighted by atomic mass is 35.5. The van der Waals surface area contributed by atoms with Crippen molar-refractivity contribution >= 4 is 40.8 Å². The Morgan fingerprint density at radius 3 is 2.35 bits per heavy atom. The molecule has 0 unspecified atom stereocenters. The summed E-state index contributed by atoms with van der Waals surface area (Å²) >= 11 is 18.2. The lowest BCUT2D eigenvalue weighted by Gasteiger charge is -2.32. The molecule has 2 fully saturated rings. The molecular formula is C22H22Cl3N5O. The Kier molecular flexibility index (Phi) is 5.49. The van der Waals surface area contributed by atoms with Crippen LogP contribution in [0, 0.1) is 0 Å². The maximum Gasteiger partial charge on any atom is 0.232 e. The number of aromatic nitrogens is 4. The predicted octanol–water partition coefficient (Wildman–Crippen LogP) is 5.30. The van der Waals surface area contributed by atoms with E-state index < -0.39 is 0 Å². The molecule has 1 saturated heterocycles. The van der Waals surface area contributed by atoms with Crippen LogP contribution >= 0.6 is 34.8 Å². The number of nitrogens with zero attached hydrogens (tertiary/aromatic N) is 5. The highest BCUT2D eigenvalue weighted by Gasteiger charge is 2.50. The van der Waals surface area contributed by atoms with Crippen molar-refractivity contribution in [3.8, 4) is 5.88 Å². The van der Waals surface area contributed by atoms with Gasteiger partial charge in [0.25, 0.3) is 0 Å². The minimum absolute atomic E-state index is 0.0526. The average Bonchev–Trinajstić information content (AvgIpc) is 3.47. The van der Waals surface area contributed by atoms with Crippen LogP contribution in [-0.2, 0) is 12.5 Å². The van der Waals surface area contributed by atoms with Crippen LogP contribution in [0.25, 0.3) is 0 Å². The summed E-state index contributed by atoms with van der Waals surface area (Å²) < 4.78 is 8.15. The molecule has 1 aliphatic carbocycles. The molecule has 0 bridgehead atoms. The Labute approximate surface area is 196 Å². The van der Waals surface area contributed by atoms with E-state index in [4.69, 9.17) is 39.5 Å². The number of halogens is 3. The number of anilines is 1. The quantitative estimate of drug-likeness (QED) is 0.498. The van der Waals surface area contributed by atoms with E-state index in [-0.39, 0.29) is 11.5 Å². The van der Waals surface area contributed by atoms with Gasteiger partial charge in [0.05, 0.1) is 10.4 Å². The number of rotatable bonds is 5. The van der Waals surface area contributed by atoms with E-state index in [2.05, 4.69) is 43.8 Å². The summed E-state index contributed by atoms with van der Waals surface area (Å²) in [6.45, 7) is 1.66. The van der Waals surface area contributed by atoms with E-state index in [9.17, 15) is 0 Å². The summed E-state index contributed by atoms with van der Waals surface area (Å²) in [5.74, 6) is 2.35. The molecule has 2 aliphatic rings. The first kappa shape index (κ1) is 20.9. The van der Waals surface area contributed by atoms with Gasteiger partial charge in [-0.3, -0.25) is 4.57 Å². The minimum atomic E-state index is -0.0526. The molecular weight excluding hydrogens is 457 g/mol. The highest BCUT2D eigenvalue weighted by Crippen LogP contribution is 2.53. The average molecular weight is 479 g/mol. The zero-order valence-electron chi connectivity index (χ0n) is 17.1. The summed E-state index contributed by atoms with van der Waals surface area (Å²) in [6, 6.07) is 9.74. The maximum atomic E-state index is 6.19. The lowest BCUT2D eigenvalue weighted by molar-refractivity contribution is 0.163. The lowest BCUT2D eigenvalue weighted by Crippen LogP contribution is -2.39. The molecule has 3 aromatic rings. The third kappa shape index (κ3) is 3.97. The Hall–Kier alpha value is -2.02. The van der Waals surface area contributed by atoms with Crippen LogP contribution < -0.4 is 9.64 Å². The summed E-state index contributed by atoms with van der Waals surface area (Å²) in [5.41, 5.74) is 1.20. The van der Waals surface area contributed by atoms with Crippen molar-refractivity contribution in [2.45, 2.75) is 37.2 Å². The molecule has 5 rings (SSSR count). The number of pyridine rings is 1. The number of piperidine rings is 1. The second kappa shape index (κ2) is 8.15. The number of hydrogen-bond acceptors (Lipinski definition) is 5. The van der Waals surface area contributed by atoms with Crippen LogP contribution in [0.15, 0.2) is 36.5 Å². The molecule has 6 nitrogen and oxygen atoms in total. The molecule has 3 heterocycles. The Morgan fingerprint density at radius 2 is 1.71 bits per heavy atom. The lowest BCUT2D eigenvalue weighted by atomic mass is 9.95. The molecule has 0 atom stereocenters. The zero-order chi connectivity index (χ0) is 21.6. The van der Waals surface area contributed by atoms with Crippen molar-refractivity contribution in [2.75, 3.05) is 18.0 Å². The van der Waals surface area contributed by atoms with Crippen LogP contribution in [0.1, 0.15) is 37.1 Å². The Balaban J connectivity index is 1.27. The first-order valence-electron chi connectivity index (χ1n) is 10.3. The Bertz CT molecular complexity index is 1090. The smallest absolute Gasteiger partial charge is 0.232 e. The number of benzene rings is 1. The largest absolute Gasteiger partial charge is 0.473 e. The third-order valence-electron chi connectivity index (χ3n) is 6.20. The molecule has 0 radical (unpaired) electrons. The van der Waals surface area contributed by atoms with Crippen molar-refractivity contribution in [3.63, 3.8) is 0 Å². The van der Waals surface area contributed by atoms with Gasteiger partial charge in [-0.15, -0.1) is 10.2 Å². The van der Waals surface area contributed by atoms with Gasteiger partial charge in [-0.2, -0.15) is 0 Å². The number of hydrogen-bond donors (Lipinski definition) is 0. The fourth-order valence-corrected chi connectivity index (χ4v) is 4.92. The SMILES string of the molecule is Cn1c(N2CCC(Oc3ncc(Cl)cc3Cl)CC2)nnc1C1(c2ccc(Cl)cc2)CC1. The summed E-state index contributed by atoms with van der Waals surface area (Å²) in [6.07, 6.45) is 5.46. The van der Waals surface area contributed by atoms with Crippen molar-refractivity contribution in [2.24, 2.45) is 7.05 Å². The van der Waals surface area contributed by atoms with Crippen molar-refractivity contribution in [1.29, 1.82) is 0 Å². The van der Waals surface area contributed by atoms with Crippen molar-refractivity contribution in [3.05, 3.63) is 63.0 Å². The Morgan fingerprint density at radius 1 is 1.00 bits per heavy atom. The fourth-order valence-electron chi connectivity index (χ4n) is 4.37. The van der Waals surface area contributed by atoms with Gasteiger partial charge in [0.2, 0.25) is 11.8 Å². The van der Waals surface area contributed by atoms with Gasteiger partial charge in [0.15, 0.2) is 0 Å². The van der Waals surface area contributed by atoms with E-state index in [0.29, 0.717) is 15.9 Å². The monoisotopic (exact) mass is 477 g/mol. The van der Waals surface area contributed by atoms with Crippen LogP contribution in [0.4, 0.5) is 5.95 Å². The second-order valence-corrected chi connectivity index (χ2v) is 9.50. The normalized spacial score (nSPS) is 18.3. The van der Waals surface area contributed by atoms with Gasteiger partial charge < -0.3 is 9.64 Å². The minimum Gasteiger partial charge on any atom is -0.473 e. The molecule has 31 heavy (non-hydrogen) atoms. The molecule has 162 valence electrons. The van der Waals surface area contributed by atoms with Crippen molar-refractivity contribution in [1.82, 2.24) is 19.7 Å². The van der Waals surface area contributed by atoms with Crippen LogP contribution in [-0.4, -0.2) is 38.9 Å². The highest BCUT2D eigenvalue weighted by molar-refractivity contribution is 6.35. The topological polar surface area (TPSA) is 56.1 Å². The molecule has 9 heteroatoms. The van der Waals surface area contributed by atoms with Gasteiger partial charge >= 0.3 is 0 Å². The zero-order valence-corrected chi connectivity index (χ0v) is 19.3. The van der Waals surface area contributed by atoms with E-state index in [1.165, 1.54) is 5.56 Å². The van der Waals surface area contributed by atoms with E-state index >= 15 is 0 Å². The maximum absolute atomic E-state index is 6.19. The number of ether oxygens (including phenoxy) is 1. The summed E-state index contributed by atoms with van der Waals surface area (Å²) in [5, 5.41) is 10.8. The molecule has 0 N–H and O–H groups in total. The first-order valence-corrected chi connectivity index (χ1v) is 11.5. The van der Waals surface area contributed by atoms with E-state index in [1.807, 2.05) is 12.1 Å². The predicted molar refractivity (Wildman–Crippen MR) is 123 cm³/mol. The van der Waals surface area contributed by atoms with Crippen LogP contribution in [0.3, 0.4) is 0 Å². The van der Waals surface area contributed by atoms with Gasteiger partial charge in [0, 0.05) is 44.2 Å².